The first-order valence-corrected chi connectivity index (χ1v) is 6.63. The van der Waals surface area contributed by atoms with Crippen LogP contribution in [0.5, 0.6) is 11.6 Å². The van der Waals surface area contributed by atoms with Crippen LogP contribution in [0.15, 0.2) is 72.8 Å². The van der Waals surface area contributed by atoms with Gasteiger partial charge in [-0.25, -0.2) is 5.84 Å². The minimum atomic E-state index is 0.494. The van der Waals surface area contributed by atoms with E-state index in [9.17, 15) is 0 Å². The van der Waals surface area contributed by atoms with Gasteiger partial charge in [-0.2, -0.15) is 4.98 Å². The molecule has 0 fully saturated rings. The Morgan fingerprint density at radius 2 is 1.57 bits per heavy atom. The summed E-state index contributed by atoms with van der Waals surface area (Å²) < 4.78 is 5.90. The first-order valence-electron chi connectivity index (χ1n) is 6.63. The molecule has 0 saturated carbocycles. The van der Waals surface area contributed by atoms with Crippen LogP contribution < -0.4 is 16.0 Å². The standard InChI is InChI=1S/C17H15N3O/c18-20-16-11-6-12-17(19-16)21-15-10-5-4-9-14(15)13-7-2-1-3-8-13/h1-12H,18H2,(H,19,20). The van der Waals surface area contributed by atoms with Crippen LogP contribution in [0.3, 0.4) is 0 Å². The van der Waals surface area contributed by atoms with Crippen molar-refractivity contribution in [1.82, 2.24) is 4.98 Å². The Balaban J connectivity index is 1.96. The number of nitrogen functional groups attached to an aromatic ring is 1. The largest absolute Gasteiger partial charge is 0.438 e. The van der Waals surface area contributed by atoms with Crippen molar-refractivity contribution in [2.24, 2.45) is 5.84 Å². The predicted molar refractivity (Wildman–Crippen MR) is 84.0 cm³/mol. The zero-order valence-electron chi connectivity index (χ0n) is 11.4. The number of nitrogens with two attached hydrogens (primary N) is 1. The van der Waals surface area contributed by atoms with Crippen LogP contribution in [0.4, 0.5) is 5.82 Å². The lowest BCUT2D eigenvalue weighted by Crippen LogP contribution is -2.08. The first kappa shape index (κ1) is 13.1. The molecule has 21 heavy (non-hydrogen) atoms. The van der Waals surface area contributed by atoms with E-state index in [0.29, 0.717) is 11.7 Å². The maximum atomic E-state index is 5.90. The highest BCUT2D eigenvalue weighted by Gasteiger charge is 2.07. The molecule has 0 saturated heterocycles. The van der Waals surface area contributed by atoms with E-state index in [0.717, 1.165) is 16.9 Å². The minimum Gasteiger partial charge on any atom is -0.438 e. The van der Waals surface area contributed by atoms with Crippen LogP contribution in [0.25, 0.3) is 11.1 Å². The molecule has 104 valence electrons. The molecule has 1 aromatic heterocycles. The molecular formula is C17H15N3O. The van der Waals surface area contributed by atoms with E-state index in [4.69, 9.17) is 10.6 Å². The van der Waals surface area contributed by atoms with Crippen LogP contribution in [0, 0.1) is 0 Å². The summed E-state index contributed by atoms with van der Waals surface area (Å²) in [5.74, 6) is 7.17. The quantitative estimate of drug-likeness (QED) is 0.562. The summed E-state index contributed by atoms with van der Waals surface area (Å²) in [4.78, 5) is 4.26. The van der Waals surface area contributed by atoms with E-state index >= 15 is 0 Å². The highest BCUT2D eigenvalue weighted by atomic mass is 16.5. The van der Waals surface area contributed by atoms with Crippen LogP contribution in [-0.4, -0.2) is 4.98 Å². The van der Waals surface area contributed by atoms with Gasteiger partial charge < -0.3 is 10.2 Å². The van der Waals surface area contributed by atoms with Gasteiger partial charge in [0.25, 0.3) is 0 Å². The van der Waals surface area contributed by atoms with Gasteiger partial charge in [0.05, 0.1) is 0 Å². The van der Waals surface area contributed by atoms with Crippen molar-refractivity contribution in [2.75, 3.05) is 5.43 Å². The number of hydrogen-bond acceptors (Lipinski definition) is 4. The molecule has 2 aromatic carbocycles. The molecule has 0 unspecified atom stereocenters. The van der Waals surface area contributed by atoms with Crippen molar-refractivity contribution in [3.05, 3.63) is 72.8 Å². The molecule has 0 amide bonds. The van der Waals surface area contributed by atoms with Gasteiger partial charge in [-0.1, -0.05) is 54.6 Å². The Hall–Kier alpha value is -2.85. The lowest BCUT2D eigenvalue weighted by molar-refractivity contribution is 0.465. The highest BCUT2D eigenvalue weighted by molar-refractivity contribution is 5.70. The average Bonchev–Trinajstić information content (AvgIpc) is 2.56. The number of hydrogen-bond donors (Lipinski definition) is 2. The van der Waals surface area contributed by atoms with Gasteiger partial charge in [0.2, 0.25) is 5.88 Å². The second-order valence-electron chi connectivity index (χ2n) is 4.47. The summed E-state index contributed by atoms with van der Waals surface area (Å²) in [6.07, 6.45) is 0. The number of anilines is 1. The van der Waals surface area contributed by atoms with Crippen LogP contribution in [-0.2, 0) is 0 Å². The summed E-state index contributed by atoms with van der Waals surface area (Å²) in [7, 11) is 0. The Labute approximate surface area is 123 Å². The number of pyridine rings is 1. The van der Waals surface area contributed by atoms with Gasteiger partial charge in [-0.15, -0.1) is 0 Å². The molecule has 1 heterocycles. The molecule has 0 spiro atoms. The topological polar surface area (TPSA) is 60.2 Å². The molecule has 0 atom stereocenters. The van der Waals surface area contributed by atoms with Crippen molar-refractivity contribution in [2.45, 2.75) is 0 Å². The van der Waals surface area contributed by atoms with E-state index in [2.05, 4.69) is 10.4 Å². The van der Waals surface area contributed by atoms with Crippen molar-refractivity contribution >= 4 is 5.82 Å². The Bertz CT molecular complexity index is 729. The van der Waals surface area contributed by atoms with Gasteiger partial charge in [0.1, 0.15) is 11.6 Å². The van der Waals surface area contributed by atoms with Gasteiger partial charge in [-0.05, 0) is 17.7 Å². The van der Waals surface area contributed by atoms with Gasteiger partial charge in [0.15, 0.2) is 0 Å². The van der Waals surface area contributed by atoms with Crippen LogP contribution in [0.2, 0.25) is 0 Å². The molecule has 4 nitrogen and oxygen atoms in total. The number of hydrazine groups is 1. The molecule has 3 aromatic rings. The van der Waals surface area contributed by atoms with Crippen molar-refractivity contribution in [1.29, 1.82) is 0 Å². The van der Waals surface area contributed by atoms with Crippen molar-refractivity contribution in [3.63, 3.8) is 0 Å². The smallest absolute Gasteiger partial charge is 0.221 e. The lowest BCUT2D eigenvalue weighted by Gasteiger charge is -2.11. The lowest BCUT2D eigenvalue weighted by atomic mass is 10.1. The molecule has 0 aliphatic heterocycles. The molecule has 4 heteroatoms. The molecule has 0 radical (unpaired) electrons. The summed E-state index contributed by atoms with van der Waals surface area (Å²) >= 11 is 0. The van der Waals surface area contributed by atoms with Gasteiger partial charge in [-0.3, -0.25) is 0 Å². The fraction of sp³-hybridized carbons (Fsp3) is 0. The summed E-state index contributed by atoms with van der Waals surface area (Å²) in [6.45, 7) is 0. The van der Waals surface area contributed by atoms with E-state index in [1.165, 1.54) is 0 Å². The minimum absolute atomic E-state index is 0.494. The number of nitrogens with one attached hydrogen (secondary N) is 1. The third kappa shape index (κ3) is 3.01. The van der Waals surface area contributed by atoms with Crippen LogP contribution in [0.1, 0.15) is 0 Å². The molecule has 3 rings (SSSR count). The normalized spacial score (nSPS) is 10.1. The third-order valence-electron chi connectivity index (χ3n) is 3.06. The van der Waals surface area contributed by atoms with Crippen LogP contribution >= 0.6 is 0 Å². The molecule has 0 aliphatic rings. The predicted octanol–water partition coefficient (Wildman–Crippen LogP) is 3.83. The summed E-state index contributed by atoms with van der Waals surface area (Å²) in [5, 5.41) is 0. The first-order chi connectivity index (χ1) is 10.4. The second-order valence-corrected chi connectivity index (χ2v) is 4.47. The summed E-state index contributed by atoms with van der Waals surface area (Å²) in [6, 6.07) is 23.4. The molecule has 0 aliphatic carbocycles. The highest BCUT2D eigenvalue weighted by Crippen LogP contribution is 2.32. The average molecular weight is 277 g/mol. The number of nitrogens with zero attached hydrogens (tertiary/aromatic N) is 1. The SMILES string of the molecule is NNc1cccc(Oc2ccccc2-c2ccccc2)n1. The van der Waals surface area contributed by atoms with E-state index < -0.39 is 0 Å². The molecule has 0 bridgehead atoms. The van der Waals surface area contributed by atoms with E-state index in [-0.39, 0.29) is 0 Å². The van der Waals surface area contributed by atoms with E-state index in [1.807, 2.05) is 60.7 Å². The maximum absolute atomic E-state index is 5.90. The van der Waals surface area contributed by atoms with Crippen molar-refractivity contribution < 1.29 is 4.74 Å². The monoisotopic (exact) mass is 277 g/mol. The molecular weight excluding hydrogens is 262 g/mol. The maximum Gasteiger partial charge on any atom is 0.221 e. The number of para-hydroxylation sites is 1. The van der Waals surface area contributed by atoms with Crippen molar-refractivity contribution in [3.8, 4) is 22.8 Å². The zero-order valence-corrected chi connectivity index (χ0v) is 11.4. The third-order valence-corrected chi connectivity index (χ3v) is 3.06. The molecule has 3 N–H and O–H groups in total. The van der Waals surface area contributed by atoms with E-state index in [1.54, 1.807) is 12.1 Å². The Morgan fingerprint density at radius 3 is 2.38 bits per heavy atom. The number of rotatable bonds is 4. The van der Waals surface area contributed by atoms with Gasteiger partial charge >= 0.3 is 0 Å². The number of benzene rings is 2. The summed E-state index contributed by atoms with van der Waals surface area (Å²) in [5.41, 5.74) is 4.63. The Morgan fingerprint density at radius 1 is 0.810 bits per heavy atom. The zero-order chi connectivity index (χ0) is 14.5. The fourth-order valence-electron chi connectivity index (χ4n) is 2.08. The number of ether oxygens (including phenoxy) is 1. The van der Waals surface area contributed by atoms with Gasteiger partial charge in [0, 0.05) is 11.6 Å². The number of aromatic nitrogens is 1. The Kier molecular flexibility index (Phi) is 3.80. The fourth-order valence-corrected chi connectivity index (χ4v) is 2.08. The second kappa shape index (κ2) is 6.07.